The molecular formula is C44H79O11P. The number of aliphatic hydroxyl groups excluding tert-OH is 2. The van der Waals surface area contributed by atoms with Gasteiger partial charge in [0.2, 0.25) is 0 Å². The molecule has 1 saturated heterocycles. The van der Waals surface area contributed by atoms with Gasteiger partial charge in [0.1, 0.15) is 12.7 Å². The molecule has 1 aliphatic heterocycles. The van der Waals surface area contributed by atoms with Crippen molar-refractivity contribution in [1.82, 2.24) is 0 Å². The maximum absolute atomic E-state index is 12.6. The lowest BCUT2D eigenvalue weighted by molar-refractivity contribution is -0.161. The van der Waals surface area contributed by atoms with E-state index in [2.05, 4.69) is 42.7 Å². The second-order valence-corrected chi connectivity index (χ2v) is 16.6. The molecule has 326 valence electrons. The predicted octanol–water partition coefficient (Wildman–Crippen LogP) is 10.5. The zero-order valence-corrected chi connectivity index (χ0v) is 35.9. The van der Waals surface area contributed by atoms with Crippen molar-refractivity contribution in [3.63, 3.8) is 0 Å². The van der Waals surface area contributed by atoms with Crippen molar-refractivity contribution in [2.75, 3.05) is 26.4 Å². The second kappa shape index (κ2) is 36.2. The summed E-state index contributed by atoms with van der Waals surface area (Å²) in [6, 6.07) is 0. The lowest BCUT2D eigenvalue weighted by Crippen LogP contribution is -2.29. The van der Waals surface area contributed by atoms with E-state index < -0.39 is 51.8 Å². The van der Waals surface area contributed by atoms with E-state index >= 15 is 0 Å². The zero-order chi connectivity index (χ0) is 41.0. The summed E-state index contributed by atoms with van der Waals surface area (Å²) in [6.45, 7) is 2.29. The van der Waals surface area contributed by atoms with Crippen LogP contribution in [0.1, 0.15) is 181 Å². The van der Waals surface area contributed by atoms with Crippen LogP contribution in [0.4, 0.5) is 0 Å². The number of aliphatic hydroxyl groups is 2. The summed E-state index contributed by atoms with van der Waals surface area (Å²) in [6.07, 6.45) is 38.6. The Labute approximate surface area is 339 Å². The van der Waals surface area contributed by atoms with Crippen LogP contribution >= 0.6 is 7.82 Å². The number of allylic oxidation sites excluding steroid dienone is 5. The third-order valence-corrected chi connectivity index (χ3v) is 10.7. The van der Waals surface area contributed by atoms with Gasteiger partial charge in [-0.3, -0.25) is 18.6 Å². The molecule has 0 amide bonds. The molecule has 1 heterocycles. The zero-order valence-electron chi connectivity index (χ0n) is 35.0. The van der Waals surface area contributed by atoms with Crippen molar-refractivity contribution in [1.29, 1.82) is 0 Å². The fourth-order valence-electron chi connectivity index (χ4n) is 6.20. The first-order chi connectivity index (χ1) is 27.2. The average molecular weight is 815 g/mol. The number of carbonyl (C=O) groups is 2. The largest absolute Gasteiger partial charge is 0.472 e. The third kappa shape index (κ3) is 33.2. The Balaban J connectivity index is 2.28. The topological polar surface area (TPSA) is 161 Å². The van der Waals surface area contributed by atoms with Crippen LogP contribution in [0.15, 0.2) is 36.5 Å². The molecule has 0 bridgehead atoms. The molecule has 3 N–H and O–H groups in total. The highest BCUT2D eigenvalue weighted by molar-refractivity contribution is 7.47. The lowest BCUT2D eigenvalue weighted by atomic mass is 10.0. The molecule has 0 saturated carbocycles. The fraction of sp³-hybridized carbons (Fsp3) is 0.818. The van der Waals surface area contributed by atoms with Gasteiger partial charge in [0.05, 0.1) is 32.0 Å². The molecule has 3 unspecified atom stereocenters. The van der Waals surface area contributed by atoms with Crippen molar-refractivity contribution >= 4 is 19.8 Å². The van der Waals surface area contributed by atoms with Crippen LogP contribution < -0.4 is 0 Å². The Morgan fingerprint density at radius 1 is 0.643 bits per heavy atom. The summed E-state index contributed by atoms with van der Waals surface area (Å²) < 4.78 is 38.4. The summed E-state index contributed by atoms with van der Waals surface area (Å²) in [5.41, 5.74) is 0. The Hall–Kier alpha value is -1.85. The number of esters is 2. The molecule has 12 heteroatoms. The van der Waals surface area contributed by atoms with E-state index in [-0.39, 0.29) is 19.4 Å². The Morgan fingerprint density at radius 2 is 1.16 bits per heavy atom. The molecule has 1 fully saturated rings. The van der Waals surface area contributed by atoms with Crippen LogP contribution in [-0.2, 0) is 37.4 Å². The first-order valence-electron chi connectivity index (χ1n) is 22.1. The average Bonchev–Trinajstić information content (AvgIpc) is 3.94. The van der Waals surface area contributed by atoms with E-state index in [0.29, 0.717) is 31.5 Å². The van der Waals surface area contributed by atoms with E-state index in [1.54, 1.807) is 0 Å². The summed E-state index contributed by atoms with van der Waals surface area (Å²) in [5.74, 6) is -0.991. The smallest absolute Gasteiger partial charge is 0.462 e. The van der Waals surface area contributed by atoms with Gasteiger partial charge in [-0.2, -0.15) is 0 Å². The summed E-state index contributed by atoms with van der Waals surface area (Å²) in [4.78, 5) is 35.0. The van der Waals surface area contributed by atoms with Gasteiger partial charge in [0.25, 0.3) is 0 Å². The number of hydrogen-bond donors (Lipinski definition) is 3. The maximum atomic E-state index is 12.6. The van der Waals surface area contributed by atoms with Crippen LogP contribution in [0.25, 0.3) is 0 Å². The molecular weight excluding hydrogens is 735 g/mol. The number of epoxide rings is 1. The van der Waals surface area contributed by atoms with Gasteiger partial charge in [-0.15, -0.1) is 0 Å². The SMILES string of the molecule is CCCCCCCCCCCCCCCCCC(=O)OC[C@H](COP(=O)(O)OC[C@@H](O)CO)OC(=O)CCC/C=C\C/C=C\C/C=C\CC1OC1CCCCC. The minimum Gasteiger partial charge on any atom is -0.462 e. The molecule has 0 spiro atoms. The van der Waals surface area contributed by atoms with Gasteiger partial charge in [0, 0.05) is 12.8 Å². The molecule has 0 aromatic heterocycles. The molecule has 1 rings (SSSR count). The Bertz CT molecular complexity index is 1090. The molecule has 0 radical (unpaired) electrons. The van der Waals surface area contributed by atoms with E-state index in [1.165, 1.54) is 96.3 Å². The van der Waals surface area contributed by atoms with Gasteiger partial charge < -0.3 is 29.3 Å². The van der Waals surface area contributed by atoms with Crippen molar-refractivity contribution < 1.29 is 52.5 Å². The molecule has 11 nitrogen and oxygen atoms in total. The van der Waals surface area contributed by atoms with Crippen LogP contribution in [0.3, 0.4) is 0 Å². The predicted molar refractivity (Wildman–Crippen MR) is 223 cm³/mol. The highest BCUT2D eigenvalue weighted by Gasteiger charge is 2.36. The summed E-state index contributed by atoms with van der Waals surface area (Å²) in [5, 5.41) is 18.3. The van der Waals surface area contributed by atoms with Crippen molar-refractivity contribution in [2.45, 2.75) is 205 Å². The first-order valence-corrected chi connectivity index (χ1v) is 23.6. The van der Waals surface area contributed by atoms with Crippen LogP contribution in [0.5, 0.6) is 0 Å². The van der Waals surface area contributed by atoms with Gasteiger partial charge >= 0.3 is 19.8 Å². The third-order valence-electron chi connectivity index (χ3n) is 9.72. The molecule has 0 aromatic carbocycles. The van der Waals surface area contributed by atoms with Gasteiger partial charge in [-0.1, -0.05) is 159 Å². The molecule has 5 atom stereocenters. The summed E-state index contributed by atoms with van der Waals surface area (Å²) in [7, 11) is -4.63. The Kier molecular flexibility index (Phi) is 33.8. The van der Waals surface area contributed by atoms with E-state index in [9.17, 15) is 24.2 Å². The van der Waals surface area contributed by atoms with Crippen LogP contribution in [0, 0.1) is 0 Å². The number of carbonyl (C=O) groups excluding carboxylic acids is 2. The van der Waals surface area contributed by atoms with Crippen molar-refractivity contribution in [3.8, 4) is 0 Å². The van der Waals surface area contributed by atoms with Crippen molar-refractivity contribution in [3.05, 3.63) is 36.5 Å². The second-order valence-electron chi connectivity index (χ2n) is 15.1. The summed E-state index contributed by atoms with van der Waals surface area (Å²) >= 11 is 0. The molecule has 0 aromatic rings. The minimum absolute atomic E-state index is 0.106. The van der Waals surface area contributed by atoms with E-state index in [1.807, 2.05) is 12.2 Å². The molecule has 0 aliphatic carbocycles. The maximum Gasteiger partial charge on any atom is 0.472 e. The monoisotopic (exact) mass is 815 g/mol. The highest BCUT2D eigenvalue weighted by Crippen LogP contribution is 2.43. The molecule has 56 heavy (non-hydrogen) atoms. The van der Waals surface area contributed by atoms with Gasteiger partial charge in [-0.05, 0) is 44.9 Å². The van der Waals surface area contributed by atoms with Crippen LogP contribution in [-0.4, -0.2) is 77.9 Å². The number of unbranched alkanes of at least 4 members (excludes halogenated alkanes) is 17. The van der Waals surface area contributed by atoms with Gasteiger partial charge in [0.15, 0.2) is 6.10 Å². The minimum atomic E-state index is -4.63. The van der Waals surface area contributed by atoms with Crippen LogP contribution in [0.2, 0.25) is 0 Å². The number of phosphoric acid groups is 1. The first kappa shape index (κ1) is 52.2. The number of ether oxygens (including phenoxy) is 3. The quantitative estimate of drug-likeness (QED) is 0.0177. The van der Waals surface area contributed by atoms with E-state index in [4.69, 9.17) is 23.8 Å². The van der Waals surface area contributed by atoms with Gasteiger partial charge in [-0.25, -0.2) is 4.57 Å². The normalized spacial score (nSPS) is 17.8. The number of phosphoric ester groups is 1. The lowest BCUT2D eigenvalue weighted by Gasteiger charge is -2.20. The number of hydrogen-bond acceptors (Lipinski definition) is 10. The number of rotatable bonds is 40. The Morgan fingerprint density at radius 3 is 1.77 bits per heavy atom. The van der Waals surface area contributed by atoms with Crippen molar-refractivity contribution in [2.24, 2.45) is 0 Å². The fourth-order valence-corrected chi connectivity index (χ4v) is 6.99. The highest BCUT2D eigenvalue weighted by atomic mass is 31.2. The van der Waals surface area contributed by atoms with E-state index in [0.717, 1.165) is 38.5 Å². The molecule has 1 aliphatic rings. The standard InChI is InChI=1S/C44H79O11P/c1-3-5-7-8-9-10-11-12-13-14-15-19-22-25-29-33-43(47)51-37-40(38-53-56(49,50)52-36-39(46)35-45)54-44(48)34-30-26-23-20-17-16-18-21-24-28-32-42-41(55-42)31-27-6-4-2/h16,18,20,23-24,28,39-42,45-46H,3-15,17,19,21-22,25-27,29-38H2,1-2H3,(H,49,50)/b18-16-,23-20-,28-24-/t39-,40+,41?,42?/m0/s1.